The maximum absolute atomic E-state index is 13.3. The molecule has 0 amide bonds. The number of likely N-dealkylation sites (tertiary alicyclic amines) is 1. The quantitative estimate of drug-likeness (QED) is 0.469. The number of halogens is 4. The Kier molecular flexibility index (Phi) is 9.10. The third-order valence-corrected chi connectivity index (χ3v) is 8.23. The molecule has 31 heavy (non-hydrogen) atoms. The van der Waals surface area contributed by atoms with Crippen molar-refractivity contribution < 1.29 is 12.8 Å². The van der Waals surface area contributed by atoms with E-state index >= 15 is 0 Å². The van der Waals surface area contributed by atoms with Gasteiger partial charge in [0.25, 0.3) is 0 Å². The summed E-state index contributed by atoms with van der Waals surface area (Å²) in [6.07, 6.45) is 3.51. The fraction of sp³-hybridized carbons (Fsp3) is 0.318. The summed E-state index contributed by atoms with van der Waals surface area (Å²) >= 11 is 6.10. The zero-order valence-electron chi connectivity index (χ0n) is 16.7. The summed E-state index contributed by atoms with van der Waals surface area (Å²) < 4.78 is 39.7. The molecule has 0 aliphatic carbocycles. The Morgan fingerprint density at radius 1 is 1.06 bits per heavy atom. The first kappa shape index (κ1) is 25.8. The van der Waals surface area contributed by atoms with Crippen LogP contribution in [-0.2, 0) is 16.3 Å². The minimum absolute atomic E-state index is 0. The van der Waals surface area contributed by atoms with Crippen LogP contribution in [-0.4, -0.2) is 43.2 Å². The highest BCUT2D eigenvalue weighted by atomic mass is 35.5. The van der Waals surface area contributed by atoms with Crippen molar-refractivity contribution in [3.8, 4) is 0 Å². The van der Waals surface area contributed by atoms with Crippen LogP contribution in [0.3, 0.4) is 0 Å². The summed E-state index contributed by atoms with van der Waals surface area (Å²) in [5, 5.41) is 0.869. The first-order valence-corrected chi connectivity index (χ1v) is 11.6. The average molecular weight is 506 g/mol. The Balaban J connectivity index is 0.00000171. The van der Waals surface area contributed by atoms with Crippen LogP contribution in [0.4, 0.5) is 4.39 Å². The SMILES string of the molecule is Cl.Cl.O=S(=O)(c1cccc2cccnc12)C1CCN(CCc2ccc(F)cc2Cl)CC1. The zero-order chi connectivity index (χ0) is 20.4. The van der Waals surface area contributed by atoms with Crippen LogP contribution in [0.5, 0.6) is 0 Å². The number of benzene rings is 2. The van der Waals surface area contributed by atoms with Gasteiger partial charge in [0.1, 0.15) is 5.82 Å². The van der Waals surface area contributed by atoms with Gasteiger partial charge >= 0.3 is 0 Å². The van der Waals surface area contributed by atoms with Crippen molar-refractivity contribution in [2.24, 2.45) is 0 Å². The van der Waals surface area contributed by atoms with Crippen LogP contribution in [0, 0.1) is 5.82 Å². The number of nitrogens with zero attached hydrogens (tertiary/aromatic N) is 2. The first-order valence-electron chi connectivity index (χ1n) is 9.69. The van der Waals surface area contributed by atoms with E-state index in [4.69, 9.17) is 11.6 Å². The van der Waals surface area contributed by atoms with Crippen molar-refractivity contribution in [1.82, 2.24) is 9.88 Å². The standard InChI is InChI=1S/C22H22ClFN2O2S.2ClH/c23-20-15-18(24)7-6-16(20)8-12-26-13-9-19(10-14-26)29(27,28)21-5-1-3-17-4-2-11-25-22(17)21;;/h1-7,11,15,19H,8-10,12-14H2;2*1H. The largest absolute Gasteiger partial charge is 0.303 e. The predicted molar refractivity (Wildman–Crippen MR) is 128 cm³/mol. The summed E-state index contributed by atoms with van der Waals surface area (Å²) in [4.78, 5) is 6.88. The molecule has 1 fully saturated rings. The lowest BCUT2D eigenvalue weighted by molar-refractivity contribution is 0.232. The summed E-state index contributed by atoms with van der Waals surface area (Å²) in [6.45, 7) is 2.19. The van der Waals surface area contributed by atoms with Crippen LogP contribution in [0.15, 0.2) is 59.6 Å². The minimum Gasteiger partial charge on any atom is -0.303 e. The van der Waals surface area contributed by atoms with E-state index in [1.165, 1.54) is 12.1 Å². The van der Waals surface area contributed by atoms with Crippen LogP contribution < -0.4 is 0 Å². The zero-order valence-corrected chi connectivity index (χ0v) is 19.9. The molecule has 168 valence electrons. The molecule has 1 saturated heterocycles. The number of piperidine rings is 1. The molecule has 2 aromatic carbocycles. The van der Waals surface area contributed by atoms with Gasteiger partial charge in [0, 0.05) is 23.2 Å². The maximum Gasteiger partial charge on any atom is 0.183 e. The Morgan fingerprint density at radius 2 is 1.77 bits per heavy atom. The summed E-state index contributed by atoms with van der Waals surface area (Å²) in [5.74, 6) is -0.340. The summed E-state index contributed by atoms with van der Waals surface area (Å²) in [6, 6.07) is 13.5. The molecule has 3 aromatic rings. The Hall–Kier alpha value is -1.44. The normalized spacial score (nSPS) is 15.3. The lowest BCUT2D eigenvalue weighted by atomic mass is 10.1. The molecular weight excluding hydrogens is 482 g/mol. The third-order valence-electron chi connectivity index (χ3n) is 5.59. The number of fused-ring (bicyclic) bond motifs is 1. The topological polar surface area (TPSA) is 50.3 Å². The number of aromatic nitrogens is 1. The molecule has 0 atom stereocenters. The second-order valence-corrected chi connectivity index (χ2v) is 10.0. The van der Waals surface area contributed by atoms with Gasteiger partial charge < -0.3 is 4.90 Å². The van der Waals surface area contributed by atoms with E-state index in [0.29, 0.717) is 47.8 Å². The molecule has 1 aliphatic heterocycles. The van der Waals surface area contributed by atoms with Gasteiger partial charge in [-0.1, -0.05) is 35.9 Å². The number of rotatable bonds is 5. The van der Waals surface area contributed by atoms with Crippen molar-refractivity contribution in [3.63, 3.8) is 0 Å². The van der Waals surface area contributed by atoms with E-state index in [-0.39, 0.29) is 30.6 Å². The second-order valence-electron chi connectivity index (χ2n) is 7.40. The van der Waals surface area contributed by atoms with Crippen LogP contribution in [0.2, 0.25) is 5.02 Å². The van der Waals surface area contributed by atoms with Gasteiger partial charge in [-0.15, -0.1) is 24.8 Å². The Labute approximate surface area is 199 Å². The van der Waals surface area contributed by atoms with Crippen LogP contribution in [0.25, 0.3) is 10.9 Å². The number of pyridine rings is 1. The minimum atomic E-state index is -3.44. The lowest BCUT2D eigenvalue weighted by Crippen LogP contribution is -2.40. The fourth-order valence-electron chi connectivity index (χ4n) is 3.93. The van der Waals surface area contributed by atoms with Crippen LogP contribution >= 0.6 is 36.4 Å². The van der Waals surface area contributed by atoms with Gasteiger partial charge in [0.05, 0.1) is 15.7 Å². The van der Waals surface area contributed by atoms with E-state index < -0.39 is 15.1 Å². The maximum atomic E-state index is 13.3. The van der Waals surface area contributed by atoms with E-state index in [1.807, 2.05) is 18.2 Å². The number of sulfone groups is 1. The monoisotopic (exact) mass is 504 g/mol. The van der Waals surface area contributed by atoms with Gasteiger partial charge in [0.2, 0.25) is 0 Å². The third kappa shape index (κ3) is 5.68. The highest BCUT2D eigenvalue weighted by Crippen LogP contribution is 2.29. The molecule has 0 N–H and O–H groups in total. The summed E-state index contributed by atoms with van der Waals surface area (Å²) in [7, 11) is -3.44. The summed E-state index contributed by atoms with van der Waals surface area (Å²) in [5.41, 5.74) is 1.45. The number of hydrogen-bond acceptors (Lipinski definition) is 4. The predicted octanol–water partition coefficient (Wildman–Crippen LogP) is 5.35. The molecule has 2 heterocycles. The average Bonchev–Trinajstić information content (AvgIpc) is 2.73. The van der Waals surface area contributed by atoms with Crippen molar-refractivity contribution in [1.29, 1.82) is 0 Å². The van der Waals surface area contributed by atoms with Gasteiger partial charge in [-0.25, -0.2) is 12.8 Å². The molecule has 9 heteroatoms. The highest BCUT2D eigenvalue weighted by molar-refractivity contribution is 7.92. The Morgan fingerprint density at radius 3 is 2.48 bits per heavy atom. The fourth-order valence-corrected chi connectivity index (χ4v) is 6.09. The molecule has 1 aromatic heterocycles. The molecule has 4 rings (SSSR count). The van der Waals surface area contributed by atoms with Crippen molar-refractivity contribution >= 4 is 57.2 Å². The smallest absolute Gasteiger partial charge is 0.183 e. The molecule has 0 bridgehead atoms. The number of hydrogen-bond donors (Lipinski definition) is 0. The van der Waals surface area contributed by atoms with Gasteiger partial charge in [-0.05, 0) is 62.2 Å². The van der Waals surface area contributed by atoms with Crippen molar-refractivity contribution in [2.45, 2.75) is 29.4 Å². The molecule has 0 unspecified atom stereocenters. The van der Waals surface area contributed by atoms with E-state index in [2.05, 4.69) is 9.88 Å². The van der Waals surface area contributed by atoms with E-state index in [9.17, 15) is 12.8 Å². The Bertz CT molecular complexity index is 1130. The highest BCUT2D eigenvalue weighted by Gasteiger charge is 2.32. The molecule has 0 spiro atoms. The first-order chi connectivity index (χ1) is 13.9. The molecule has 1 aliphatic rings. The molecule has 0 saturated carbocycles. The van der Waals surface area contributed by atoms with Gasteiger partial charge in [-0.3, -0.25) is 4.98 Å². The van der Waals surface area contributed by atoms with Crippen molar-refractivity contribution in [2.75, 3.05) is 19.6 Å². The van der Waals surface area contributed by atoms with Crippen molar-refractivity contribution in [3.05, 3.63) is 71.1 Å². The molecular formula is C22H24Cl3FN2O2S. The number of para-hydroxylation sites is 1. The molecule has 4 nitrogen and oxygen atoms in total. The second kappa shape index (κ2) is 10.9. The molecule has 0 radical (unpaired) electrons. The van der Waals surface area contributed by atoms with E-state index in [0.717, 1.165) is 17.5 Å². The van der Waals surface area contributed by atoms with E-state index in [1.54, 1.807) is 24.4 Å². The van der Waals surface area contributed by atoms with Crippen LogP contribution in [0.1, 0.15) is 18.4 Å². The van der Waals surface area contributed by atoms with Gasteiger partial charge in [-0.2, -0.15) is 0 Å². The van der Waals surface area contributed by atoms with Gasteiger partial charge in [0.15, 0.2) is 9.84 Å². The lowest BCUT2D eigenvalue weighted by Gasteiger charge is -2.31.